The first-order valence-electron chi connectivity index (χ1n) is 12.6. The molecular formula is C29H29FN4O4. The Bertz CT molecular complexity index is 1460. The van der Waals surface area contributed by atoms with Crippen molar-refractivity contribution in [2.24, 2.45) is 0 Å². The van der Waals surface area contributed by atoms with Crippen LogP contribution in [0.15, 0.2) is 60.8 Å². The summed E-state index contributed by atoms with van der Waals surface area (Å²) in [6.07, 6.45) is 3.80. The fourth-order valence-corrected chi connectivity index (χ4v) is 4.64. The Kier molecular flexibility index (Phi) is 7.37. The van der Waals surface area contributed by atoms with Crippen molar-refractivity contribution in [1.29, 1.82) is 0 Å². The minimum atomic E-state index is -0.375. The van der Waals surface area contributed by atoms with Gasteiger partial charge < -0.3 is 20.1 Å². The molecule has 1 amide bonds. The minimum Gasteiger partial charge on any atom is -0.483 e. The van der Waals surface area contributed by atoms with Gasteiger partial charge in [0, 0.05) is 35.8 Å². The van der Waals surface area contributed by atoms with E-state index in [0.717, 1.165) is 66.9 Å². The van der Waals surface area contributed by atoms with Gasteiger partial charge in [-0.2, -0.15) is 5.10 Å². The zero-order chi connectivity index (χ0) is 26.6. The standard InChI is InChI=1S/C28H27FN4O2.CH2O2/c1-18-25(15-20(16-26(18)29)28(34)31-22-3-4-22)19-2-9-27-21(14-19)17-30-33(27)24-7-5-23(6-8-24)32-10-12-35-13-11-32;2-1-3/h2,5-9,14-17,22H,3-4,10-13H2,1H3,(H,31,34);1H,(H,2,3). The van der Waals surface area contributed by atoms with E-state index < -0.39 is 0 Å². The summed E-state index contributed by atoms with van der Waals surface area (Å²) in [6.45, 7) is 4.81. The Hall–Kier alpha value is -4.24. The van der Waals surface area contributed by atoms with Crippen molar-refractivity contribution in [3.8, 4) is 16.8 Å². The third-order valence-corrected chi connectivity index (χ3v) is 6.87. The van der Waals surface area contributed by atoms with Gasteiger partial charge in [-0.05, 0) is 85.0 Å². The Morgan fingerprint density at radius 1 is 1.08 bits per heavy atom. The molecular weight excluding hydrogens is 487 g/mol. The fraction of sp³-hybridized carbons (Fsp3) is 0.276. The molecule has 9 heteroatoms. The largest absolute Gasteiger partial charge is 0.483 e. The topological polar surface area (TPSA) is 96.7 Å². The normalized spacial score (nSPS) is 15.1. The number of amides is 1. The van der Waals surface area contributed by atoms with Crippen LogP contribution < -0.4 is 10.2 Å². The number of fused-ring (bicyclic) bond motifs is 1. The number of anilines is 1. The molecule has 2 N–H and O–H groups in total. The summed E-state index contributed by atoms with van der Waals surface area (Å²) in [5, 5.41) is 15.4. The molecule has 38 heavy (non-hydrogen) atoms. The highest BCUT2D eigenvalue weighted by molar-refractivity contribution is 5.96. The second-order valence-corrected chi connectivity index (χ2v) is 9.43. The molecule has 6 rings (SSSR count). The van der Waals surface area contributed by atoms with Crippen molar-refractivity contribution in [2.45, 2.75) is 25.8 Å². The van der Waals surface area contributed by atoms with Gasteiger partial charge in [-0.1, -0.05) is 6.07 Å². The first kappa shape index (κ1) is 25.4. The lowest BCUT2D eigenvalue weighted by Crippen LogP contribution is -2.36. The summed E-state index contributed by atoms with van der Waals surface area (Å²) in [7, 11) is 0. The van der Waals surface area contributed by atoms with Crippen LogP contribution in [-0.2, 0) is 9.53 Å². The SMILES string of the molecule is Cc1c(F)cc(C(=O)NC2CC2)cc1-c1ccc2c(cnn2-c2ccc(N3CCOCC3)cc2)c1.O=CO. The van der Waals surface area contributed by atoms with Crippen molar-refractivity contribution < 1.29 is 23.8 Å². The van der Waals surface area contributed by atoms with Gasteiger partial charge in [-0.3, -0.25) is 9.59 Å². The van der Waals surface area contributed by atoms with Gasteiger partial charge in [0.1, 0.15) is 5.82 Å². The summed E-state index contributed by atoms with van der Waals surface area (Å²) < 4.78 is 22.1. The number of morpholine rings is 1. The van der Waals surface area contributed by atoms with Crippen molar-refractivity contribution in [2.75, 3.05) is 31.2 Å². The molecule has 2 fully saturated rings. The van der Waals surface area contributed by atoms with Crippen molar-refractivity contribution in [1.82, 2.24) is 15.1 Å². The Balaban J connectivity index is 0.000000937. The minimum absolute atomic E-state index is 0.220. The van der Waals surface area contributed by atoms with Crippen molar-refractivity contribution >= 4 is 29.0 Å². The van der Waals surface area contributed by atoms with E-state index in [4.69, 9.17) is 14.6 Å². The maximum Gasteiger partial charge on any atom is 0.290 e. The van der Waals surface area contributed by atoms with Crippen LogP contribution in [0.1, 0.15) is 28.8 Å². The average molecular weight is 517 g/mol. The highest BCUT2D eigenvalue weighted by atomic mass is 19.1. The van der Waals surface area contributed by atoms with Gasteiger partial charge in [0.2, 0.25) is 0 Å². The van der Waals surface area contributed by atoms with E-state index in [0.29, 0.717) is 11.1 Å². The molecule has 1 aliphatic carbocycles. The number of nitrogens with zero attached hydrogens (tertiary/aromatic N) is 3. The first-order chi connectivity index (χ1) is 18.5. The van der Waals surface area contributed by atoms with Gasteiger partial charge in [0.05, 0.1) is 30.6 Å². The van der Waals surface area contributed by atoms with E-state index in [9.17, 15) is 9.18 Å². The summed E-state index contributed by atoms with van der Waals surface area (Å²) in [4.78, 5) is 23.2. The number of hydrogen-bond donors (Lipinski definition) is 2. The van der Waals surface area contributed by atoms with Crippen LogP contribution in [0.25, 0.3) is 27.7 Å². The number of carbonyl (C=O) groups is 2. The molecule has 196 valence electrons. The third kappa shape index (κ3) is 5.38. The second kappa shape index (κ2) is 11.0. The van der Waals surface area contributed by atoms with Crippen LogP contribution in [0.3, 0.4) is 0 Å². The number of ether oxygens (including phenoxy) is 1. The van der Waals surface area contributed by atoms with E-state index >= 15 is 0 Å². The molecule has 3 aromatic carbocycles. The van der Waals surface area contributed by atoms with Crippen LogP contribution in [0.2, 0.25) is 0 Å². The van der Waals surface area contributed by atoms with Gasteiger partial charge in [-0.15, -0.1) is 0 Å². The van der Waals surface area contributed by atoms with E-state index in [2.05, 4.69) is 39.6 Å². The maximum absolute atomic E-state index is 14.7. The summed E-state index contributed by atoms with van der Waals surface area (Å²) in [6, 6.07) is 17.7. The van der Waals surface area contributed by atoms with Crippen molar-refractivity contribution in [3.05, 3.63) is 77.7 Å². The molecule has 4 aromatic rings. The van der Waals surface area contributed by atoms with Crippen LogP contribution >= 0.6 is 0 Å². The second-order valence-electron chi connectivity index (χ2n) is 9.43. The Morgan fingerprint density at radius 2 is 1.76 bits per heavy atom. The molecule has 8 nitrogen and oxygen atoms in total. The predicted octanol–water partition coefficient (Wildman–Crippen LogP) is 4.57. The monoisotopic (exact) mass is 516 g/mol. The molecule has 0 atom stereocenters. The zero-order valence-corrected chi connectivity index (χ0v) is 21.1. The van der Waals surface area contributed by atoms with Gasteiger partial charge in [-0.25, -0.2) is 9.07 Å². The van der Waals surface area contributed by atoms with E-state index in [1.54, 1.807) is 13.0 Å². The van der Waals surface area contributed by atoms with E-state index in [-0.39, 0.29) is 24.2 Å². The van der Waals surface area contributed by atoms with Crippen LogP contribution in [-0.4, -0.2) is 59.6 Å². The lowest BCUT2D eigenvalue weighted by atomic mass is 9.96. The Labute approximate surface area is 219 Å². The maximum atomic E-state index is 14.7. The van der Waals surface area contributed by atoms with Gasteiger partial charge in [0.15, 0.2) is 0 Å². The first-order valence-corrected chi connectivity index (χ1v) is 12.6. The van der Waals surface area contributed by atoms with E-state index in [1.807, 2.05) is 29.1 Å². The van der Waals surface area contributed by atoms with Gasteiger partial charge >= 0.3 is 0 Å². The highest BCUT2D eigenvalue weighted by Gasteiger charge is 2.24. The number of hydrogen-bond acceptors (Lipinski definition) is 5. The molecule has 1 saturated carbocycles. The molecule has 0 radical (unpaired) electrons. The average Bonchev–Trinajstić information content (AvgIpc) is 3.66. The lowest BCUT2D eigenvalue weighted by molar-refractivity contribution is -0.122. The molecule has 1 aliphatic heterocycles. The van der Waals surface area contributed by atoms with Crippen LogP contribution in [0, 0.1) is 12.7 Å². The van der Waals surface area contributed by atoms with Crippen molar-refractivity contribution in [3.63, 3.8) is 0 Å². The fourth-order valence-electron chi connectivity index (χ4n) is 4.64. The number of carbonyl (C=O) groups excluding carboxylic acids is 1. The van der Waals surface area contributed by atoms with Crippen LogP contribution in [0.5, 0.6) is 0 Å². The molecule has 0 bridgehead atoms. The number of nitrogens with one attached hydrogen (secondary N) is 1. The molecule has 0 spiro atoms. The number of halogens is 1. The van der Waals surface area contributed by atoms with Crippen LogP contribution in [0.4, 0.5) is 10.1 Å². The third-order valence-electron chi connectivity index (χ3n) is 6.87. The Morgan fingerprint density at radius 3 is 2.45 bits per heavy atom. The number of benzene rings is 3. The van der Waals surface area contributed by atoms with Gasteiger partial charge in [0.25, 0.3) is 12.4 Å². The highest BCUT2D eigenvalue weighted by Crippen LogP contribution is 2.31. The zero-order valence-electron chi connectivity index (χ0n) is 21.1. The summed E-state index contributed by atoms with van der Waals surface area (Å²) in [5.74, 6) is -0.596. The molecule has 1 aromatic heterocycles. The molecule has 1 saturated heterocycles. The molecule has 2 aliphatic rings. The lowest BCUT2D eigenvalue weighted by Gasteiger charge is -2.28. The number of rotatable bonds is 5. The predicted molar refractivity (Wildman–Crippen MR) is 143 cm³/mol. The number of carboxylic acid groups (broad SMARTS) is 1. The quantitative estimate of drug-likeness (QED) is 0.377. The van der Waals surface area contributed by atoms with E-state index in [1.165, 1.54) is 11.8 Å². The summed E-state index contributed by atoms with van der Waals surface area (Å²) >= 11 is 0. The smallest absolute Gasteiger partial charge is 0.290 e. The number of aromatic nitrogens is 2. The molecule has 0 unspecified atom stereocenters. The summed E-state index contributed by atoms with van der Waals surface area (Å²) in [5.41, 5.74) is 5.58. The molecule has 2 heterocycles.